The van der Waals surface area contributed by atoms with Crippen molar-refractivity contribution in [3.8, 4) is 11.6 Å². The fourth-order valence-electron chi connectivity index (χ4n) is 2.78. The number of nitrogens with zero attached hydrogens (tertiary/aromatic N) is 2. The van der Waals surface area contributed by atoms with Crippen LogP contribution in [0.5, 0.6) is 5.88 Å². The maximum Gasteiger partial charge on any atom is 0.271 e. The lowest BCUT2D eigenvalue weighted by molar-refractivity contribution is -0.123. The summed E-state index contributed by atoms with van der Waals surface area (Å²) in [5, 5.41) is 7.04. The molecule has 1 unspecified atom stereocenters. The lowest BCUT2D eigenvalue weighted by atomic mass is 10.1. The van der Waals surface area contributed by atoms with Gasteiger partial charge in [-0.15, -0.1) is 5.10 Å². The molecule has 0 radical (unpaired) electrons. The van der Waals surface area contributed by atoms with Crippen LogP contribution in [0.2, 0.25) is 0 Å². The molecule has 3 aromatic rings. The highest BCUT2D eigenvalue weighted by atomic mass is 19.1. The predicted molar refractivity (Wildman–Crippen MR) is 109 cm³/mol. The lowest BCUT2D eigenvalue weighted by Crippen LogP contribution is -2.33. The number of aromatic nitrogens is 2. The van der Waals surface area contributed by atoms with Gasteiger partial charge in [-0.05, 0) is 61.7 Å². The Bertz CT molecular complexity index is 1080. The highest BCUT2D eigenvalue weighted by molar-refractivity contribution is 5.95. The first-order valence-corrected chi connectivity index (χ1v) is 9.28. The molecule has 0 aliphatic rings. The first-order valence-electron chi connectivity index (χ1n) is 9.28. The summed E-state index contributed by atoms with van der Waals surface area (Å²) in [5.74, 6) is -0.595. The first-order chi connectivity index (χ1) is 13.9. The third-order valence-electron chi connectivity index (χ3n) is 4.42. The van der Waals surface area contributed by atoms with Crippen LogP contribution < -0.4 is 15.6 Å². The molecule has 0 saturated carbocycles. The Morgan fingerprint density at radius 2 is 1.86 bits per heavy atom. The zero-order valence-electron chi connectivity index (χ0n) is 16.5. The van der Waals surface area contributed by atoms with Gasteiger partial charge in [0.15, 0.2) is 6.10 Å². The Balaban J connectivity index is 1.81. The van der Waals surface area contributed by atoms with Crippen LogP contribution in [-0.4, -0.2) is 21.8 Å². The second-order valence-electron chi connectivity index (χ2n) is 6.72. The Labute approximate surface area is 168 Å². The second kappa shape index (κ2) is 8.68. The maximum atomic E-state index is 13.1. The van der Waals surface area contributed by atoms with Gasteiger partial charge in [0.05, 0.1) is 5.69 Å². The molecular formula is C22H22FN3O3. The van der Waals surface area contributed by atoms with Crippen molar-refractivity contribution in [1.82, 2.24) is 9.78 Å². The Morgan fingerprint density at radius 3 is 2.55 bits per heavy atom. The summed E-state index contributed by atoms with van der Waals surface area (Å²) in [5.41, 5.74) is 2.71. The van der Waals surface area contributed by atoms with Crippen molar-refractivity contribution >= 4 is 11.6 Å². The van der Waals surface area contributed by atoms with E-state index in [9.17, 15) is 14.0 Å². The van der Waals surface area contributed by atoms with Crippen molar-refractivity contribution in [3.63, 3.8) is 0 Å². The summed E-state index contributed by atoms with van der Waals surface area (Å²) in [6.07, 6.45) is -0.379. The highest BCUT2D eigenvalue weighted by Crippen LogP contribution is 2.18. The first kappa shape index (κ1) is 20.3. The summed E-state index contributed by atoms with van der Waals surface area (Å²) in [4.78, 5) is 24.8. The smallest absolute Gasteiger partial charge is 0.271 e. The zero-order valence-corrected chi connectivity index (χ0v) is 16.5. The molecule has 1 atom stereocenters. The van der Waals surface area contributed by atoms with E-state index in [1.807, 2.05) is 39.0 Å². The molecular weight excluding hydrogens is 373 g/mol. The molecule has 1 aromatic heterocycles. The van der Waals surface area contributed by atoms with Crippen LogP contribution in [0.15, 0.2) is 59.4 Å². The number of halogens is 1. The Hall–Kier alpha value is -3.48. The van der Waals surface area contributed by atoms with Crippen molar-refractivity contribution in [2.45, 2.75) is 33.3 Å². The zero-order chi connectivity index (χ0) is 21.0. The molecule has 1 amide bonds. The molecule has 0 spiro atoms. The topological polar surface area (TPSA) is 73.2 Å². The maximum absolute atomic E-state index is 13.1. The quantitative estimate of drug-likeness (QED) is 0.689. The van der Waals surface area contributed by atoms with E-state index in [2.05, 4.69) is 10.4 Å². The number of hydrogen-bond donors (Lipinski definition) is 1. The average molecular weight is 395 g/mol. The van der Waals surface area contributed by atoms with Crippen molar-refractivity contribution in [1.29, 1.82) is 0 Å². The minimum Gasteiger partial charge on any atom is -0.463 e. The minimum atomic E-state index is -0.790. The van der Waals surface area contributed by atoms with Gasteiger partial charge in [-0.1, -0.05) is 19.1 Å². The van der Waals surface area contributed by atoms with E-state index in [0.29, 0.717) is 12.1 Å². The number of anilines is 1. The largest absolute Gasteiger partial charge is 0.463 e. The van der Waals surface area contributed by atoms with E-state index in [1.165, 1.54) is 36.4 Å². The van der Waals surface area contributed by atoms with Gasteiger partial charge in [0.25, 0.3) is 11.5 Å². The van der Waals surface area contributed by atoms with E-state index >= 15 is 0 Å². The fraction of sp³-hybridized carbons (Fsp3) is 0.227. The van der Waals surface area contributed by atoms with Crippen molar-refractivity contribution in [2.75, 3.05) is 5.32 Å². The van der Waals surface area contributed by atoms with Crippen LogP contribution in [-0.2, 0) is 4.79 Å². The number of amides is 1. The van der Waals surface area contributed by atoms with Crippen LogP contribution in [0.1, 0.15) is 24.5 Å². The van der Waals surface area contributed by atoms with Crippen LogP contribution in [0.4, 0.5) is 10.1 Å². The number of rotatable bonds is 6. The molecule has 1 N–H and O–H groups in total. The van der Waals surface area contributed by atoms with E-state index in [0.717, 1.165) is 21.5 Å². The molecule has 7 heteroatoms. The lowest BCUT2D eigenvalue weighted by Gasteiger charge is -2.18. The van der Waals surface area contributed by atoms with E-state index in [1.54, 1.807) is 0 Å². The number of nitrogens with one attached hydrogen (secondary N) is 1. The third kappa shape index (κ3) is 4.87. The molecule has 0 saturated heterocycles. The second-order valence-corrected chi connectivity index (χ2v) is 6.72. The molecule has 6 nitrogen and oxygen atoms in total. The van der Waals surface area contributed by atoms with Crippen LogP contribution in [0.25, 0.3) is 5.69 Å². The minimum absolute atomic E-state index is 0.122. The van der Waals surface area contributed by atoms with Gasteiger partial charge in [0.2, 0.25) is 5.88 Å². The molecule has 2 aromatic carbocycles. The van der Waals surface area contributed by atoms with Gasteiger partial charge in [-0.25, -0.2) is 4.39 Å². The predicted octanol–water partition coefficient (Wildman–Crippen LogP) is 3.78. The molecule has 0 aliphatic heterocycles. The van der Waals surface area contributed by atoms with Gasteiger partial charge < -0.3 is 10.1 Å². The number of benzene rings is 2. The highest BCUT2D eigenvalue weighted by Gasteiger charge is 2.20. The molecule has 0 fully saturated rings. The van der Waals surface area contributed by atoms with Crippen LogP contribution >= 0.6 is 0 Å². The van der Waals surface area contributed by atoms with Gasteiger partial charge in [-0.2, -0.15) is 4.68 Å². The summed E-state index contributed by atoms with van der Waals surface area (Å²) < 4.78 is 20.0. The van der Waals surface area contributed by atoms with Crippen molar-refractivity contribution in [3.05, 3.63) is 81.9 Å². The van der Waals surface area contributed by atoms with Crippen molar-refractivity contribution < 1.29 is 13.9 Å². The number of carbonyl (C=O) groups excluding carboxylic acids is 1. The SMILES string of the molecule is CCC(Oc1ccc(=O)n(-c2ccc(F)cc2)n1)C(=O)Nc1cc(C)ccc1C. The van der Waals surface area contributed by atoms with E-state index in [-0.39, 0.29) is 11.8 Å². The molecule has 1 heterocycles. The normalized spacial score (nSPS) is 11.7. The molecule has 0 bridgehead atoms. The Kier molecular flexibility index (Phi) is 6.07. The Morgan fingerprint density at radius 1 is 1.14 bits per heavy atom. The molecule has 3 rings (SSSR count). The van der Waals surface area contributed by atoms with E-state index in [4.69, 9.17) is 4.74 Å². The molecule has 29 heavy (non-hydrogen) atoms. The summed E-state index contributed by atoms with van der Waals surface area (Å²) >= 11 is 0. The summed E-state index contributed by atoms with van der Waals surface area (Å²) in [6, 6.07) is 13.9. The van der Waals surface area contributed by atoms with Gasteiger partial charge in [0, 0.05) is 17.8 Å². The van der Waals surface area contributed by atoms with Gasteiger partial charge in [0.1, 0.15) is 5.82 Å². The number of aryl methyl sites for hydroxylation is 2. The standard InChI is InChI=1S/C22H22FN3O3/c1-4-19(22(28)24-18-13-14(2)5-6-15(18)3)29-20-11-12-21(27)26(25-20)17-9-7-16(23)8-10-17/h5-13,19H,4H2,1-3H3,(H,24,28). The average Bonchev–Trinajstić information content (AvgIpc) is 2.70. The third-order valence-corrected chi connectivity index (χ3v) is 4.42. The molecule has 0 aliphatic carbocycles. The number of ether oxygens (including phenoxy) is 1. The summed E-state index contributed by atoms with van der Waals surface area (Å²) in [7, 11) is 0. The summed E-state index contributed by atoms with van der Waals surface area (Å²) in [6.45, 7) is 5.69. The van der Waals surface area contributed by atoms with Crippen LogP contribution in [0, 0.1) is 19.7 Å². The number of hydrogen-bond acceptors (Lipinski definition) is 4. The number of carbonyl (C=O) groups is 1. The monoisotopic (exact) mass is 395 g/mol. The van der Waals surface area contributed by atoms with Gasteiger partial charge >= 0.3 is 0 Å². The molecule has 150 valence electrons. The van der Waals surface area contributed by atoms with Crippen LogP contribution in [0.3, 0.4) is 0 Å². The van der Waals surface area contributed by atoms with Gasteiger partial charge in [-0.3, -0.25) is 9.59 Å². The van der Waals surface area contributed by atoms with Crippen molar-refractivity contribution in [2.24, 2.45) is 0 Å². The van der Waals surface area contributed by atoms with E-state index < -0.39 is 17.5 Å². The fourth-order valence-corrected chi connectivity index (χ4v) is 2.78.